The number of hydrogen-bond donors (Lipinski definition) is 1. The lowest BCUT2D eigenvalue weighted by atomic mass is 10.2. The van der Waals surface area contributed by atoms with Crippen molar-refractivity contribution in [3.05, 3.63) is 41.9 Å². The van der Waals surface area contributed by atoms with E-state index in [4.69, 9.17) is 4.52 Å². The lowest BCUT2D eigenvalue weighted by Gasteiger charge is -2.30. The summed E-state index contributed by atoms with van der Waals surface area (Å²) in [7, 11) is 0. The molecule has 0 aliphatic carbocycles. The number of anilines is 1. The summed E-state index contributed by atoms with van der Waals surface area (Å²) in [5, 5.41) is 6.69. The topological polar surface area (TPSA) is 74.5 Å². The first-order valence-electron chi connectivity index (χ1n) is 8.78. The normalized spacial score (nSPS) is 17.6. The van der Waals surface area contributed by atoms with Gasteiger partial charge < -0.3 is 9.42 Å². The minimum absolute atomic E-state index is 0.159. The average Bonchev–Trinajstić information content (AvgIpc) is 3.23. The standard InChI is InChI=1S/C18H25N5O2/c1-3-22-10-4-5-16(22)13-23(12-15-6-8-19-9-7-15)18(24)20-17-11-14(2)25-21-17/h6-9,11,16H,3-5,10,12-13H2,1-2H3,(H,20,21,24)/t16-/m1/s1. The van der Waals surface area contributed by atoms with Crippen LogP contribution in [-0.2, 0) is 6.54 Å². The second-order valence-electron chi connectivity index (χ2n) is 6.41. The van der Waals surface area contributed by atoms with E-state index in [1.807, 2.05) is 17.0 Å². The van der Waals surface area contributed by atoms with Crippen molar-refractivity contribution in [2.75, 3.05) is 25.0 Å². The monoisotopic (exact) mass is 343 g/mol. The molecule has 0 radical (unpaired) electrons. The maximum atomic E-state index is 12.8. The summed E-state index contributed by atoms with van der Waals surface area (Å²) >= 11 is 0. The number of likely N-dealkylation sites (tertiary alicyclic amines) is 1. The Morgan fingerprint density at radius 2 is 2.24 bits per heavy atom. The molecule has 1 atom stereocenters. The third kappa shape index (κ3) is 4.57. The number of nitrogens with zero attached hydrogens (tertiary/aromatic N) is 4. The predicted octanol–water partition coefficient (Wildman–Crippen LogP) is 2.90. The molecule has 0 saturated carbocycles. The minimum atomic E-state index is -0.159. The molecular formula is C18H25N5O2. The van der Waals surface area contributed by atoms with Crippen molar-refractivity contribution in [3.63, 3.8) is 0 Å². The highest BCUT2D eigenvalue weighted by molar-refractivity contribution is 5.88. The van der Waals surface area contributed by atoms with E-state index in [0.717, 1.165) is 25.1 Å². The van der Waals surface area contributed by atoms with E-state index in [0.29, 0.717) is 30.7 Å². The van der Waals surface area contributed by atoms with Crippen molar-refractivity contribution in [3.8, 4) is 0 Å². The molecule has 3 rings (SSSR count). The number of pyridine rings is 1. The fraction of sp³-hybridized carbons (Fsp3) is 0.500. The van der Waals surface area contributed by atoms with Crippen molar-refractivity contribution in [2.24, 2.45) is 0 Å². The highest BCUT2D eigenvalue weighted by Gasteiger charge is 2.27. The Bertz CT molecular complexity index is 688. The molecule has 0 unspecified atom stereocenters. The van der Waals surface area contributed by atoms with Crippen LogP contribution in [0.4, 0.5) is 10.6 Å². The van der Waals surface area contributed by atoms with Gasteiger partial charge in [0.25, 0.3) is 0 Å². The van der Waals surface area contributed by atoms with Crippen LogP contribution in [0.3, 0.4) is 0 Å². The van der Waals surface area contributed by atoms with Gasteiger partial charge >= 0.3 is 6.03 Å². The smallest absolute Gasteiger partial charge is 0.323 e. The number of aryl methyl sites for hydroxylation is 1. The van der Waals surface area contributed by atoms with Crippen molar-refractivity contribution in [1.82, 2.24) is 19.9 Å². The molecule has 2 amide bonds. The van der Waals surface area contributed by atoms with Gasteiger partial charge in [-0.2, -0.15) is 0 Å². The van der Waals surface area contributed by atoms with E-state index < -0.39 is 0 Å². The molecule has 134 valence electrons. The van der Waals surface area contributed by atoms with Crippen molar-refractivity contribution >= 4 is 11.8 Å². The number of carbonyl (C=O) groups excluding carboxylic acids is 1. The zero-order valence-corrected chi connectivity index (χ0v) is 14.8. The van der Waals surface area contributed by atoms with Gasteiger partial charge in [-0.1, -0.05) is 12.1 Å². The summed E-state index contributed by atoms with van der Waals surface area (Å²) in [6.07, 6.45) is 5.81. The predicted molar refractivity (Wildman–Crippen MR) is 95.2 cm³/mol. The highest BCUT2D eigenvalue weighted by atomic mass is 16.5. The van der Waals surface area contributed by atoms with Gasteiger partial charge in [0.05, 0.1) is 0 Å². The molecule has 0 spiro atoms. The van der Waals surface area contributed by atoms with Gasteiger partial charge in [0.1, 0.15) is 5.76 Å². The van der Waals surface area contributed by atoms with Crippen LogP contribution < -0.4 is 5.32 Å². The zero-order chi connectivity index (χ0) is 17.6. The van der Waals surface area contributed by atoms with Crippen molar-refractivity contribution in [2.45, 2.75) is 39.3 Å². The van der Waals surface area contributed by atoms with Crippen LogP contribution in [0.5, 0.6) is 0 Å². The van der Waals surface area contributed by atoms with Crippen LogP contribution in [0.1, 0.15) is 31.1 Å². The Kier molecular flexibility index (Phi) is 5.65. The largest absolute Gasteiger partial charge is 0.360 e. The molecule has 2 aromatic heterocycles. The first-order chi connectivity index (χ1) is 12.2. The fourth-order valence-electron chi connectivity index (χ4n) is 3.31. The molecule has 25 heavy (non-hydrogen) atoms. The summed E-state index contributed by atoms with van der Waals surface area (Å²) in [5.74, 6) is 1.12. The molecule has 3 heterocycles. The molecule has 2 aromatic rings. The van der Waals surface area contributed by atoms with Gasteiger partial charge in [-0.25, -0.2) is 4.79 Å². The Balaban J connectivity index is 1.72. The summed E-state index contributed by atoms with van der Waals surface area (Å²) < 4.78 is 5.03. The van der Waals surface area contributed by atoms with Crippen LogP contribution in [0.15, 0.2) is 35.1 Å². The third-order valence-electron chi connectivity index (χ3n) is 4.61. The second kappa shape index (κ2) is 8.11. The summed E-state index contributed by atoms with van der Waals surface area (Å²) in [5.41, 5.74) is 1.06. The number of nitrogens with one attached hydrogen (secondary N) is 1. The number of carbonyl (C=O) groups is 1. The van der Waals surface area contributed by atoms with E-state index in [1.54, 1.807) is 25.4 Å². The van der Waals surface area contributed by atoms with E-state index >= 15 is 0 Å². The second-order valence-corrected chi connectivity index (χ2v) is 6.41. The van der Waals surface area contributed by atoms with E-state index in [1.165, 1.54) is 6.42 Å². The van der Waals surface area contributed by atoms with Crippen molar-refractivity contribution < 1.29 is 9.32 Å². The van der Waals surface area contributed by atoms with Gasteiger partial charge in [0, 0.05) is 37.6 Å². The Hall–Kier alpha value is -2.41. The maximum absolute atomic E-state index is 12.8. The zero-order valence-electron chi connectivity index (χ0n) is 14.8. The van der Waals surface area contributed by atoms with E-state index in [9.17, 15) is 4.79 Å². The molecule has 1 N–H and O–H groups in total. The van der Waals surface area contributed by atoms with Crippen LogP contribution in [-0.4, -0.2) is 51.6 Å². The van der Waals surface area contributed by atoms with Crippen molar-refractivity contribution in [1.29, 1.82) is 0 Å². The molecule has 1 aliphatic heterocycles. The lowest BCUT2D eigenvalue weighted by molar-refractivity contribution is 0.174. The fourth-order valence-corrected chi connectivity index (χ4v) is 3.31. The van der Waals surface area contributed by atoms with Crippen LogP contribution in [0.2, 0.25) is 0 Å². The number of likely N-dealkylation sites (N-methyl/N-ethyl adjacent to an activating group) is 1. The van der Waals surface area contributed by atoms with Gasteiger partial charge in [0.15, 0.2) is 5.82 Å². The maximum Gasteiger partial charge on any atom is 0.323 e. The summed E-state index contributed by atoms with van der Waals surface area (Å²) in [4.78, 5) is 21.1. The quantitative estimate of drug-likeness (QED) is 0.873. The molecular weight excluding hydrogens is 318 g/mol. The number of aromatic nitrogens is 2. The van der Waals surface area contributed by atoms with E-state index in [-0.39, 0.29) is 6.03 Å². The van der Waals surface area contributed by atoms with Gasteiger partial charge in [-0.15, -0.1) is 0 Å². The molecule has 1 fully saturated rings. The number of amides is 2. The summed E-state index contributed by atoms with van der Waals surface area (Å²) in [6.45, 7) is 7.32. The molecule has 1 aliphatic rings. The third-order valence-corrected chi connectivity index (χ3v) is 4.61. The average molecular weight is 343 g/mol. The van der Waals surface area contributed by atoms with Crippen LogP contribution in [0, 0.1) is 6.92 Å². The Morgan fingerprint density at radius 1 is 1.44 bits per heavy atom. The highest BCUT2D eigenvalue weighted by Crippen LogP contribution is 2.19. The van der Waals surface area contributed by atoms with Crippen LogP contribution in [0.25, 0.3) is 0 Å². The molecule has 1 saturated heterocycles. The SMILES string of the molecule is CCN1CCC[C@@H]1CN(Cc1ccncc1)C(=O)Nc1cc(C)on1. The number of hydrogen-bond acceptors (Lipinski definition) is 5. The van der Waals surface area contributed by atoms with Gasteiger partial charge in [-0.3, -0.25) is 15.2 Å². The number of rotatable bonds is 6. The molecule has 0 bridgehead atoms. The number of urea groups is 1. The first-order valence-corrected chi connectivity index (χ1v) is 8.78. The molecule has 7 heteroatoms. The molecule has 0 aromatic carbocycles. The first kappa shape index (κ1) is 17.4. The van der Waals surface area contributed by atoms with Gasteiger partial charge in [0.2, 0.25) is 0 Å². The lowest BCUT2D eigenvalue weighted by Crippen LogP contribution is -2.44. The van der Waals surface area contributed by atoms with E-state index in [2.05, 4.69) is 27.3 Å². The summed E-state index contributed by atoms with van der Waals surface area (Å²) in [6, 6.07) is 5.83. The minimum Gasteiger partial charge on any atom is -0.360 e. The Labute approximate surface area is 148 Å². The van der Waals surface area contributed by atoms with Crippen LogP contribution >= 0.6 is 0 Å². The molecule has 7 nitrogen and oxygen atoms in total. The van der Waals surface area contributed by atoms with Gasteiger partial charge in [-0.05, 0) is 50.6 Å². The Morgan fingerprint density at radius 3 is 2.92 bits per heavy atom.